The van der Waals surface area contributed by atoms with Crippen molar-refractivity contribution < 1.29 is 17.9 Å². The average molecular weight is 650 g/mol. The lowest BCUT2D eigenvalue weighted by atomic mass is 9.33. The summed E-state index contributed by atoms with van der Waals surface area (Å²) in [6, 6.07) is 8.08. The summed E-state index contributed by atoms with van der Waals surface area (Å²) in [5.74, 6) is 3.92. The van der Waals surface area contributed by atoms with Crippen LogP contribution in [0.1, 0.15) is 111 Å². The Kier molecular flexibility index (Phi) is 8.57. The molecule has 0 bridgehead atoms. The van der Waals surface area contributed by atoms with E-state index in [1.54, 1.807) is 0 Å². The fourth-order valence-corrected chi connectivity index (χ4v) is 13.7. The Morgan fingerprint density at radius 3 is 2.33 bits per heavy atom. The summed E-state index contributed by atoms with van der Waals surface area (Å²) in [6.07, 6.45) is 15.7. The predicted molar refractivity (Wildman–Crippen MR) is 188 cm³/mol. The molecular weight excluding hydrogens is 591 g/mol. The molecule has 5 aliphatic carbocycles. The van der Waals surface area contributed by atoms with Gasteiger partial charge in [0, 0.05) is 11.8 Å². The Morgan fingerprint density at radius 1 is 0.957 bits per heavy atom. The van der Waals surface area contributed by atoms with Gasteiger partial charge in [0.15, 0.2) is 0 Å². The lowest BCUT2D eigenvalue weighted by molar-refractivity contribution is -0.219. The molecule has 1 aromatic carbocycles. The van der Waals surface area contributed by atoms with Gasteiger partial charge in [-0.05, 0) is 152 Å². The number of hydrogen-bond acceptors (Lipinski definition) is 5. The smallest absolute Gasteiger partial charge is 0.298 e. The van der Waals surface area contributed by atoms with Gasteiger partial charge < -0.3 is 10.1 Å². The minimum Gasteiger partial charge on any atom is -0.429 e. The average Bonchev–Trinajstić information content (AvgIpc) is 3.36. The van der Waals surface area contributed by atoms with Crippen LogP contribution < -0.4 is 10.1 Å². The van der Waals surface area contributed by atoms with E-state index in [4.69, 9.17) is 4.74 Å². The first-order valence-corrected chi connectivity index (χ1v) is 20.1. The Morgan fingerprint density at radius 2 is 1.67 bits per heavy atom. The third-order valence-electron chi connectivity index (χ3n) is 15.2. The van der Waals surface area contributed by atoms with Gasteiger partial charge in [0.1, 0.15) is 15.6 Å². The van der Waals surface area contributed by atoms with E-state index in [0.717, 1.165) is 13.0 Å². The molecule has 46 heavy (non-hydrogen) atoms. The molecule has 6 heteroatoms. The second-order valence-electron chi connectivity index (χ2n) is 17.5. The third-order valence-corrected chi connectivity index (χ3v) is 16.2. The highest BCUT2D eigenvalue weighted by molar-refractivity contribution is 7.90. The van der Waals surface area contributed by atoms with Crippen molar-refractivity contribution in [2.45, 2.75) is 111 Å². The summed E-state index contributed by atoms with van der Waals surface area (Å²) in [7, 11) is -2.95. The summed E-state index contributed by atoms with van der Waals surface area (Å²) in [4.78, 5) is 10.8. The van der Waals surface area contributed by atoms with Crippen LogP contribution in [0.25, 0.3) is 5.57 Å². The maximum atomic E-state index is 11.9. The normalized spacial score (nSPS) is 41.3. The zero-order valence-electron chi connectivity index (χ0n) is 29.6. The van der Waals surface area contributed by atoms with E-state index in [0.29, 0.717) is 48.2 Å². The van der Waals surface area contributed by atoms with E-state index >= 15 is 0 Å². The van der Waals surface area contributed by atoms with E-state index in [2.05, 4.69) is 71.6 Å². The molecule has 0 radical (unpaired) electrons. The second kappa shape index (κ2) is 11.6. The molecular formula is C40H59NO4S. The highest BCUT2D eigenvalue weighted by Crippen LogP contribution is 2.76. The van der Waals surface area contributed by atoms with Gasteiger partial charge in [-0.2, -0.15) is 0 Å². The number of fused-ring (bicyclic) bond motifs is 7. The number of nitrogens with one attached hydrogen (secondary N) is 1. The van der Waals surface area contributed by atoms with E-state index in [9.17, 15) is 13.2 Å². The summed E-state index contributed by atoms with van der Waals surface area (Å²) < 4.78 is 28.8. The molecule has 254 valence electrons. The molecule has 0 aliphatic heterocycles. The van der Waals surface area contributed by atoms with Gasteiger partial charge in [-0.3, -0.25) is 4.79 Å². The minimum atomic E-state index is -2.95. The molecule has 4 saturated carbocycles. The molecule has 6 rings (SSSR count). The molecule has 1 N–H and O–H groups in total. The molecule has 9 atom stereocenters. The number of carbonyl (C=O) groups is 1. The van der Waals surface area contributed by atoms with Crippen molar-refractivity contribution in [1.29, 1.82) is 0 Å². The summed E-state index contributed by atoms with van der Waals surface area (Å²) >= 11 is 0. The monoisotopic (exact) mass is 649 g/mol. The fraction of sp³-hybridized carbons (Fsp3) is 0.725. The van der Waals surface area contributed by atoms with Crippen molar-refractivity contribution >= 4 is 21.9 Å². The van der Waals surface area contributed by atoms with Crippen LogP contribution in [0.5, 0.6) is 5.75 Å². The molecule has 0 amide bonds. The summed E-state index contributed by atoms with van der Waals surface area (Å²) in [5.41, 5.74) is 4.98. The minimum absolute atomic E-state index is 0.0488. The quantitative estimate of drug-likeness (QED) is 0.165. The highest BCUT2D eigenvalue weighted by atomic mass is 32.2. The van der Waals surface area contributed by atoms with Gasteiger partial charge in [-0.1, -0.05) is 65.0 Å². The number of ether oxygens (including phenoxy) is 1. The molecule has 5 aliphatic rings. The molecule has 5 nitrogen and oxygen atoms in total. The molecule has 0 saturated heterocycles. The zero-order chi connectivity index (χ0) is 33.3. The van der Waals surface area contributed by atoms with Crippen molar-refractivity contribution in [2.75, 3.05) is 18.6 Å². The molecule has 4 fully saturated rings. The third kappa shape index (κ3) is 5.18. The zero-order valence-corrected chi connectivity index (χ0v) is 30.4. The molecule has 0 aromatic heterocycles. The van der Waals surface area contributed by atoms with E-state index in [-0.39, 0.29) is 33.0 Å². The van der Waals surface area contributed by atoms with Gasteiger partial charge in [0.2, 0.25) is 0 Å². The van der Waals surface area contributed by atoms with Crippen molar-refractivity contribution in [2.24, 2.45) is 51.2 Å². The number of rotatable bonds is 9. The first kappa shape index (κ1) is 34.0. The molecule has 0 spiro atoms. The van der Waals surface area contributed by atoms with Crippen LogP contribution in [-0.2, 0) is 14.6 Å². The van der Waals surface area contributed by atoms with E-state index in [1.165, 1.54) is 74.3 Å². The number of hydrogen-bond donors (Lipinski definition) is 1. The first-order chi connectivity index (χ1) is 21.5. The Hall–Kier alpha value is -1.92. The number of benzene rings is 1. The highest BCUT2D eigenvalue weighted by Gasteiger charge is 2.70. The largest absolute Gasteiger partial charge is 0.429 e. The summed E-state index contributed by atoms with van der Waals surface area (Å²) in [6.45, 7) is 21.1. The van der Waals surface area contributed by atoms with Crippen molar-refractivity contribution in [1.82, 2.24) is 5.32 Å². The van der Waals surface area contributed by atoms with Gasteiger partial charge in [0.25, 0.3) is 6.47 Å². The van der Waals surface area contributed by atoms with Gasteiger partial charge in [-0.25, -0.2) is 8.42 Å². The Bertz CT molecular complexity index is 1500. The van der Waals surface area contributed by atoms with Crippen molar-refractivity contribution in [3.8, 4) is 5.75 Å². The van der Waals surface area contributed by atoms with Crippen LogP contribution >= 0.6 is 0 Å². The predicted octanol–water partition coefficient (Wildman–Crippen LogP) is 8.65. The SMILES string of the molecule is C=C(C)[C@@H]1CC[C@]2(NCCCS(C)(=O)=O)CC[C@]3(C)[C@H](CC[C@@H]4[C@@]5(C)CC=C(c6ccc(OC=O)cc6)C(C)(C)[C@@H]5CC[C@]43C)[C@@H]12. The number of allylic oxidation sites excluding steroid dienone is 3. The van der Waals surface area contributed by atoms with Crippen LogP contribution in [0, 0.1) is 51.2 Å². The second-order valence-corrected chi connectivity index (χ2v) is 19.8. The van der Waals surface area contributed by atoms with Gasteiger partial charge >= 0.3 is 0 Å². The molecule has 0 heterocycles. The lowest BCUT2D eigenvalue weighted by Gasteiger charge is -2.72. The summed E-state index contributed by atoms with van der Waals surface area (Å²) in [5, 5.41) is 4.05. The molecule has 0 unspecified atom stereocenters. The van der Waals surface area contributed by atoms with Crippen LogP contribution in [-0.4, -0.2) is 39.0 Å². The van der Waals surface area contributed by atoms with E-state index in [1.807, 2.05) is 12.1 Å². The van der Waals surface area contributed by atoms with Gasteiger partial charge in [0.05, 0.1) is 5.75 Å². The first-order valence-electron chi connectivity index (χ1n) is 18.0. The van der Waals surface area contributed by atoms with Crippen LogP contribution in [0.4, 0.5) is 0 Å². The maximum absolute atomic E-state index is 11.9. The number of carbonyl (C=O) groups excluding carboxylic acids is 1. The molecule has 1 aromatic rings. The topological polar surface area (TPSA) is 72.5 Å². The maximum Gasteiger partial charge on any atom is 0.298 e. The van der Waals surface area contributed by atoms with Crippen LogP contribution in [0.15, 0.2) is 42.5 Å². The van der Waals surface area contributed by atoms with Crippen LogP contribution in [0.3, 0.4) is 0 Å². The Balaban J connectivity index is 1.30. The number of sulfone groups is 1. The standard InChI is InChI=1S/C40H59NO4S/c1-27(2)30-16-21-40(41-24-9-25-46(8,43)44)23-22-38(6)32(35(30)40)14-15-34-37(5)19-17-31(28-10-12-29(13-11-28)45-26-42)36(3,4)33(37)18-20-39(34,38)7/h10-13,17,26,30,32-35,41H,1,9,14-16,18-25H2,2-8H3/t30-,32+,33-,34+,35+,37-,38+,39+,40-/m0/s1. The van der Waals surface area contributed by atoms with E-state index < -0.39 is 9.84 Å². The Labute approximate surface area is 279 Å². The van der Waals surface area contributed by atoms with Crippen molar-refractivity contribution in [3.05, 3.63) is 48.1 Å². The van der Waals surface area contributed by atoms with Crippen molar-refractivity contribution in [3.63, 3.8) is 0 Å². The van der Waals surface area contributed by atoms with Crippen LogP contribution in [0.2, 0.25) is 0 Å². The fourth-order valence-electron chi connectivity index (χ4n) is 13.0. The van der Waals surface area contributed by atoms with Gasteiger partial charge in [-0.15, -0.1) is 0 Å². The lowest BCUT2D eigenvalue weighted by Crippen LogP contribution is -2.68.